The molecule has 0 aromatic heterocycles. The van der Waals surface area contributed by atoms with E-state index >= 15 is 0 Å². The van der Waals surface area contributed by atoms with Crippen molar-refractivity contribution in [2.24, 2.45) is 5.92 Å². The number of ether oxygens (including phenoxy) is 1. The standard InChI is InChI=1S/C16H22ClNO2/c1-12(17)16(19)18-9-7-14(8-10-18)11-13-3-5-15(20-2)6-4-13/h3-6,12,14H,7-11H2,1-2H3/t12-/m0/s1. The fourth-order valence-corrected chi connectivity index (χ4v) is 2.84. The number of rotatable bonds is 4. The van der Waals surface area contributed by atoms with Gasteiger partial charge in [0, 0.05) is 13.1 Å². The van der Waals surface area contributed by atoms with Gasteiger partial charge >= 0.3 is 0 Å². The molecule has 1 fully saturated rings. The third-order valence-corrected chi connectivity index (χ3v) is 4.14. The summed E-state index contributed by atoms with van der Waals surface area (Å²) in [6.45, 7) is 3.40. The van der Waals surface area contributed by atoms with Gasteiger partial charge in [-0.1, -0.05) is 12.1 Å². The summed E-state index contributed by atoms with van der Waals surface area (Å²) in [5, 5.41) is -0.409. The second kappa shape index (κ2) is 6.98. The van der Waals surface area contributed by atoms with Crippen LogP contribution in [0.3, 0.4) is 0 Å². The second-order valence-corrected chi connectivity index (χ2v) is 6.09. The molecule has 110 valence electrons. The number of halogens is 1. The number of alkyl halides is 1. The summed E-state index contributed by atoms with van der Waals surface area (Å²) in [5.74, 6) is 1.61. The van der Waals surface area contributed by atoms with Gasteiger partial charge in [-0.15, -0.1) is 11.6 Å². The first-order chi connectivity index (χ1) is 9.60. The second-order valence-electron chi connectivity index (χ2n) is 5.44. The molecule has 1 saturated heterocycles. The minimum absolute atomic E-state index is 0.0644. The molecule has 2 rings (SSSR count). The van der Waals surface area contributed by atoms with E-state index in [1.165, 1.54) is 5.56 Å². The smallest absolute Gasteiger partial charge is 0.240 e. The van der Waals surface area contributed by atoms with Crippen molar-refractivity contribution in [1.82, 2.24) is 4.90 Å². The Kier molecular flexibility index (Phi) is 5.30. The monoisotopic (exact) mass is 295 g/mol. The number of nitrogens with zero attached hydrogens (tertiary/aromatic N) is 1. The molecule has 0 saturated carbocycles. The fourth-order valence-electron chi connectivity index (χ4n) is 2.70. The molecule has 0 unspecified atom stereocenters. The maximum absolute atomic E-state index is 11.8. The van der Waals surface area contributed by atoms with Crippen LogP contribution in [0.5, 0.6) is 5.75 Å². The first kappa shape index (κ1) is 15.2. The van der Waals surface area contributed by atoms with Gasteiger partial charge < -0.3 is 9.64 Å². The van der Waals surface area contributed by atoms with Crippen LogP contribution in [0.1, 0.15) is 25.3 Å². The normalized spacial score (nSPS) is 17.9. The molecule has 0 aliphatic carbocycles. The molecule has 1 amide bonds. The van der Waals surface area contributed by atoms with Crippen LogP contribution in [0.25, 0.3) is 0 Å². The van der Waals surface area contributed by atoms with Crippen LogP contribution < -0.4 is 4.74 Å². The van der Waals surface area contributed by atoms with Gasteiger partial charge in [-0.2, -0.15) is 0 Å². The molecular formula is C16H22ClNO2. The molecule has 0 N–H and O–H groups in total. The average Bonchev–Trinajstić information content (AvgIpc) is 2.48. The molecular weight excluding hydrogens is 274 g/mol. The summed E-state index contributed by atoms with van der Waals surface area (Å²) in [5.41, 5.74) is 1.33. The molecule has 3 nitrogen and oxygen atoms in total. The highest BCUT2D eigenvalue weighted by Crippen LogP contribution is 2.23. The van der Waals surface area contributed by atoms with E-state index in [9.17, 15) is 4.79 Å². The molecule has 1 aromatic carbocycles. The van der Waals surface area contributed by atoms with Crippen molar-refractivity contribution in [2.75, 3.05) is 20.2 Å². The van der Waals surface area contributed by atoms with E-state index < -0.39 is 5.38 Å². The van der Waals surface area contributed by atoms with E-state index in [1.54, 1.807) is 14.0 Å². The van der Waals surface area contributed by atoms with Gasteiger partial charge in [0.2, 0.25) is 5.91 Å². The van der Waals surface area contributed by atoms with Gasteiger partial charge in [0.15, 0.2) is 0 Å². The highest BCUT2D eigenvalue weighted by Gasteiger charge is 2.24. The number of carbonyl (C=O) groups is 1. The van der Waals surface area contributed by atoms with Crippen LogP contribution in [0, 0.1) is 5.92 Å². The number of amides is 1. The molecule has 0 bridgehead atoms. The molecule has 1 heterocycles. The Balaban J connectivity index is 1.83. The van der Waals surface area contributed by atoms with Crippen molar-refractivity contribution in [3.8, 4) is 5.75 Å². The summed E-state index contributed by atoms with van der Waals surface area (Å²) in [7, 11) is 1.68. The maximum Gasteiger partial charge on any atom is 0.240 e. The zero-order chi connectivity index (χ0) is 14.5. The lowest BCUT2D eigenvalue weighted by atomic mass is 9.90. The van der Waals surface area contributed by atoms with Gasteiger partial charge in [-0.3, -0.25) is 4.79 Å². The largest absolute Gasteiger partial charge is 0.497 e. The SMILES string of the molecule is COc1ccc(CC2CCN(C(=O)[C@H](C)Cl)CC2)cc1. The molecule has 1 atom stereocenters. The van der Waals surface area contributed by atoms with Crippen molar-refractivity contribution in [1.29, 1.82) is 0 Å². The highest BCUT2D eigenvalue weighted by atomic mass is 35.5. The predicted molar refractivity (Wildman–Crippen MR) is 81.3 cm³/mol. The third-order valence-electron chi connectivity index (χ3n) is 3.95. The molecule has 4 heteroatoms. The molecule has 20 heavy (non-hydrogen) atoms. The maximum atomic E-state index is 11.8. The summed E-state index contributed by atoms with van der Waals surface area (Å²) >= 11 is 5.85. The van der Waals surface area contributed by atoms with E-state index in [0.717, 1.165) is 38.1 Å². The minimum atomic E-state index is -0.409. The van der Waals surface area contributed by atoms with E-state index in [0.29, 0.717) is 5.92 Å². The number of hydrogen-bond acceptors (Lipinski definition) is 2. The fraction of sp³-hybridized carbons (Fsp3) is 0.562. The van der Waals surface area contributed by atoms with Gasteiger partial charge in [-0.25, -0.2) is 0 Å². The van der Waals surface area contributed by atoms with Crippen molar-refractivity contribution < 1.29 is 9.53 Å². The summed E-state index contributed by atoms with van der Waals surface area (Å²) in [4.78, 5) is 13.7. The molecule has 0 spiro atoms. The first-order valence-corrected chi connectivity index (χ1v) is 7.59. The Morgan fingerprint density at radius 3 is 2.45 bits per heavy atom. The number of carbonyl (C=O) groups excluding carboxylic acids is 1. The van der Waals surface area contributed by atoms with E-state index in [2.05, 4.69) is 12.1 Å². The highest BCUT2D eigenvalue weighted by molar-refractivity contribution is 6.30. The van der Waals surface area contributed by atoms with Gasteiger partial charge in [0.05, 0.1) is 7.11 Å². The Morgan fingerprint density at radius 2 is 1.95 bits per heavy atom. The van der Waals surface area contributed by atoms with Gasteiger partial charge in [0.25, 0.3) is 0 Å². The van der Waals surface area contributed by atoms with Crippen molar-refractivity contribution in [3.05, 3.63) is 29.8 Å². The van der Waals surface area contributed by atoms with Gasteiger partial charge in [0.1, 0.15) is 11.1 Å². The Bertz CT molecular complexity index is 436. The van der Waals surface area contributed by atoms with E-state index in [1.807, 2.05) is 17.0 Å². The lowest BCUT2D eigenvalue weighted by molar-refractivity contribution is -0.131. The van der Waals surface area contributed by atoms with Crippen molar-refractivity contribution >= 4 is 17.5 Å². The van der Waals surface area contributed by atoms with Gasteiger partial charge in [-0.05, 0) is 49.8 Å². The zero-order valence-electron chi connectivity index (χ0n) is 12.1. The van der Waals surface area contributed by atoms with Crippen molar-refractivity contribution in [3.63, 3.8) is 0 Å². The van der Waals surface area contributed by atoms with Crippen LogP contribution in [0.4, 0.5) is 0 Å². The number of benzene rings is 1. The Hall–Kier alpha value is -1.22. The topological polar surface area (TPSA) is 29.5 Å². The molecule has 0 radical (unpaired) electrons. The van der Waals surface area contributed by atoms with Crippen LogP contribution in [-0.2, 0) is 11.2 Å². The number of piperidine rings is 1. The zero-order valence-corrected chi connectivity index (χ0v) is 12.9. The summed E-state index contributed by atoms with van der Waals surface area (Å²) in [6.07, 6.45) is 3.19. The summed E-state index contributed by atoms with van der Waals surface area (Å²) < 4.78 is 5.17. The number of hydrogen-bond donors (Lipinski definition) is 0. The van der Waals surface area contributed by atoms with Crippen molar-refractivity contribution in [2.45, 2.75) is 31.6 Å². The minimum Gasteiger partial charge on any atom is -0.497 e. The van der Waals surface area contributed by atoms with Crippen LogP contribution in [-0.4, -0.2) is 36.4 Å². The third kappa shape index (κ3) is 3.89. The Labute approximate surface area is 125 Å². The number of likely N-dealkylation sites (tertiary alicyclic amines) is 1. The van der Waals surface area contributed by atoms with Crippen LogP contribution in [0.15, 0.2) is 24.3 Å². The van der Waals surface area contributed by atoms with E-state index in [4.69, 9.17) is 16.3 Å². The van der Waals surface area contributed by atoms with Crippen LogP contribution >= 0.6 is 11.6 Å². The van der Waals surface area contributed by atoms with E-state index in [-0.39, 0.29) is 5.91 Å². The predicted octanol–water partition coefficient (Wildman–Crippen LogP) is 3.10. The lowest BCUT2D eigenvalue weighted by Crippen LogP contribution is -2.41. The number of methoxy groups -OCH3 is 1. The quantitative estimate of drug-likeness (QED) is 0.799. The lowest BCUT2D eigenvalue weighted by Gasteiger charge is -2.32. The average molecular weight is 296 g/mol. The molecule has 1 aliphatic rings. The Morgan fingerprint density at radius 1 is 1.35 bits per heavy atom. The first-order valence-electron chi connectivity index (χ1n) is 7.16. The summed E-state index contributed by atoms with van der Waals surface area (Å²) in [6, 6.07) is 8.25. The van der Waals surface area contributed by atoms with Crippen LogP contribution in [0.2, 0.25) is 0 Å². The molecule has 1 aromatic rings. The molecule has 1 aliphatic heterocycles.